The SMILES string of the molecule is CCc1ccc2[nH]c(=O)c(C(c3nnnn3CCOC)N3CCN4CCCC4C3)cc2c1. The highest BCUT2D eigenvalue weighted by molar-refractivity contribution is 5.80. The number of H-pyrrole nitrogens is 1. The summed E-state index contributed by atoms with van der Waals surface area (Å²) in [6, 6.07) is 8.49. The molecule has 0 saturated carbocycles. The summed E-state index contributed by atoms with van der Waals surface area (Å²) in [5.41, 5.74) is 2.72. The van der Waals surface area contributed by atoms with E-state index in [1.54, 1.807) is 11.8 Å². The maximum Gasteiger partial charge on any atom is 0.253 e. The van der Waals surface area contributed by atoms with Crippen molar-refractivity contribution < 1.29 is 4.74 Å². The fraction of sp³-hybridized carbons (Fsp3) is 0.565. The number of benzene rings is 1. The third kappa shape index (κ3) is 3.96. The first-order chi connectivity index (χ1) is 15.7. The van der Waals surface area contributed by atoms with Gasteiger partial charge in [-0.1, -0.05) is 13.0 Å². The Morgan fingerprint density at radius 2 is 2.16 bits per heavy atom. The molecule has 2 atom stereocenters. The van der Waals surface area contributed by atoms with Crippen molar-refractivity contribution in [3.63, 3.8) is 0 Å². The first-order valence-electron chi connectivity index (χ1n) is 11.6. The number of hydrogen-bond acceptors (Lipinski definition) is 7. The van der Waals surface area contributed by atoms with E-state index in [1.165, 1.54) is 24.9 Å². The van der Waals surface area contributed by atoms with Crippen LogP contribution in [-0.4, -0.2) is 80.9 Å². The molecule has 0 radical (unpaired) electrons. The molecule has 4 heterocycles. The van der Waals surface area contributed by atoms with E-state index in [4.69, 9.17) is 4.74 Å². The summed E-state index contributed by atoms with van der Waals surface area (Å²) >= 11 is 0. The first-order valence-corrected chi connectivity index (χ1v) is 11.6. The molecular formula is C23H31N7O2. The number of pyridine rings is 1. The molecule has 170 valence electrons. The lowest BCUT2D eigenvalue weighted by molar-refractivity contribution is 0.0781. The topological polar surface area (TPSA) is 92.2 Å². The molecule has 2 aromatic heterocycles. The highest BCUT2D eigenvalue weighted by Gasteiger charge is 2.37. The summed E-state index contributed by atoms with van der Waals surface area (Å²) in [4.78, 5) is 21.4. The highest BCUT2D eigenvalue weighted by Crippen LogP contribution is 2.31. The lowest BCUT2D eigenvalue weighted by Crippen LogP contribution is -2.52. The molecule has 2 saturated heterocycles. The zero-order valence-electron chi connectivity index (χ0n) is 18.8. The number of aryl methyl sites for hydroxylation is 1. The summed E-state index contributed by atoms with van der Waals surface area (Å²) in [5, 5.41) is 13.6. The van der Waals surface area contributed by atoms with Crippen LogP contribution in [0.1, 0.15) is 42.8 Å². The molecule has 2 aliphatic rings. The summed E-state index contributed by atoms with van der Waals surface area (Å²) in [6.45, 7) is 7.16. The Hall–Kier alpha value is -2.62. The fourth-order valence-electron chi connectivity index (χ4n) is 5.19. The van der Waals surface area contributed by atoms with Crippen LogP contribution >= 0.6 is 0 Å². The maximum atomic E-state index is 13.3. The molecule has 0 aliphatic carbocycles. The Bertz CT molecular complexity index is 1140. The van der Waals surface area contributed by atoms with E-state index in [0.29, 0.717) is 30.6 Å². The quantitative estimate of drug-likeness (QED) is 0.600. The Morgan fingerprint density at radius 3 is 3.00 bits per heavy atom. The molecule has 0 amide bonds. The van der Waals surface area contributed by atoms with Crippen molar-refractivity contribution in [1.29, 1.82) is 0 Å². The van der Waals surface area contributed by atoms with Crippen LogP contribution < -0.4 is 5.56 Å². The molecule has 1 N–H and O–H groups in total. The molecule has 32 heavy (non-hydrogen) atoms. The normalized spacial score (nSPS) is 20.6. The average molecular weight is 438 g/mol. The van der Waals surface area contributed by atoms with E-state index in [1.807, 2.05) is 12.1 Å². The van der Waals surface area contributed by atoms with Crippen LogP contribution in [0.3, 0.4) is 0 Å². The largest absolute Gasteiger partial charge is 0.383 e. The summed E-state index contributed by atoms with van der Waals surface area (Å²) in [6.07, 6.45) is 3.39. The third-order valence-electron chi connectivity index (χ3n) is 6.94. The minimum Gasteiger partial charge on any atom is -0.383 e. The lowest BCUT2D eigenvalue weighted by Gasteiger charge is -2.41. The number of nitrogens with one attached hydrogen (secondary N) is 1. The van der Waals surface area contributed by atoms with Gasteiger partial charge in [-0.05, 0) is 65.4 Å². The molecule has 0 bridgehead atoms. The zero-order valence-corrected chi connectivity index (χ0v) is 18.8. The Labute approximate surface area is 187 Å². The van der Waals surface area contributed by atoms with Crippen molar-refractivity contribution in [1.82, 2.24) is 35.0 Å². The van der Waals surface area contributed by atoms with Gasteiger partial charge in [-0.2, -0.15) is 0 Å². The Balaban J connectivity index is 1.60. The van der Waals surface area contributed by atoms with E-state index in [2.05, 4.69) is 49.4 Å². The van der Waals surface area contributed by atoms with E-state index in [-0.39, 0.29) is 11.6 Å². The monoisotopic (exact) mass is 437 g/mol. The number of fused-ring (bicyclic) bond motifs is 2. The van der Waals surface area contributed by atoms with Gasteiger partial charge in [0.25, 0.3) is 5.56 Å². The predicted octanol–water partition coefficient (Wildman–Crippen LogP) is 1.59. The summed E-state index contributed by atoms with van der Waals surface area (Å²) < 4.78 is 7.04. The number of methoxy groups -OCH3 is 1. The standard InChI is InChI=1S/C23H31N7O2/c1-3-16-6-7-20-17(13-16)14-19(23(31)24-20)21(22-25-26-27-30(22)11-12-32-2)29-10-9-28-8-4-5-18(28)15-29/h6-7,13-14,18,21H,3-5,8-12,15H2,1-2H3,(H,24,31). The van der Waals surface area contributed by atoms with Crippen molar-refractivity contribution in [2.24, 2.45) is 0 Å². The van der Waals surface area contributed by atoms with E-state index < -0.39 is 0 Å². The molecule has 3 aromatic rings. The van der Waals surface area contributed by atoms with Gasteiger partial charge in [0.15, 0.2) is 5.82 Å². The van der Waals surface area contributed by atoms with Gasteiger partial charge in [-0.15, -0.1) is 5.10 Å². The van der Waals surface area contributed by atoms with Crippen LogP contribution in [0.2, 0.25) is 0 Å². The van der Waals surface area contributed by atoms with Crippen LogP contribution in [0.15, 0.2) is 29.1 Å². The molecule has 1 aromatic carbocycles. The first kappa shape index (κ1) is 21.2. The van der Waals surface area contributed by atoms with Crippen LogP contribution in [0.4, 0.5) is 0 Å². The number of tetrazole rings is 1. The number of rotatable bonds is 7. The van der Waals surface area contributed by atoms with E-state index in [9.17, 15) is 4.79 Å². The van der Waals surface area contributed by atoms with Crippen molar-refractivity contribution in [3.8, 4) is 0 Å². The zero-order chi connectivity index (χ0) is 22.1. The molecule has 9 nitrogen and oxygen atoms in total. The smallest absolute Gasteiger partial charge is 0.253 e. The van der Waals surface area contributed by atoms with Crippen molar-refractivity contribution >= 4 is 10.9 Å². The van der Waals surface area contributed by atoms with Gasteiger partial charge in [0, 0.05) is 43.9 Å². The van der Waals surface area contributed by atoms with Gasteiger partial charge in [0.1, 0.15) is 6.04 Å². The number of aromatic amines is 1. The van der Waals surface area contributed by atoms with E-state index >= 15 is 0 Å². The highest BCUT2D eigenvalue weighted by atomic mass is 16.5. The van der Waals surface area contributed by atoms with E-state index in [0.717, 1.165) is 37.0 Å². The second-order valence-electron chi connectivity index (χ2n) is 8.81. The second-order valence-corrected chi connectivity index (χ2v) is 8.81. The minimum atomic E-state index is -0.303. The van der Waals surface area contributed by atoms with Crippen molar-refractivity contribution in [2.75, 3.05) is 39.9 Å². The molecule has 0 spiro atoms. The van der Waals surface area contributed by atoms with Gasteiger partial charge >= 0.3 is 0 Å². The fourth-order valence-corrected chi connectivity index (χ4v) is 5.19. The Kier molecular flexibility index (Phi) is 6.03. The van der Waals surface area contributed by atoms with Crippen LogP contribution in [-0.2, 0) is 17.7 Å². The number of hydrogen-bond donors (Lipinski definition) is 1. The third-order valence-corrected chi connectivity index (χ3v) is 6.94. The minimum absolute atomic E-state index is 0.0816. The van der Waals surface area contributed by atoms with Crippen LogP contribution in [0, 0.1) is 0 Å². The molecule has 2 unspecified atom stereocenters. The van der Waals surface area contributed by atoms with Gasteiger partial charge in [0.05, 0.1) is 13.2 Å². The maximum absolute atomic E-state index is 13.3. The van der Waals surface area contributed by atoms with Crippen molar-refractivity contribution in [3.05, 3.63) is 51.6 Å². The lowest BCUT2D eigenvalue weighted by atomic mass is 10.00. The second kappa shape index (κ2) is 9.09. The number of ether oxygens (including phenoxy) is 1. The van der Waals surface area contributed by atoms with Gasteiger partial charge in [-0.3, -0.25) is 14.6 Å². The summed E-state index contributed by atoms with van der Waals surface area (Å²) in [5.74, 6) is 0.699. The van der Waals surface area contributed by atoms with Crippen LogP contribution in [0.5, 0.6) is 0 Å². The summed E-state index contributed by atoms with van der Waals surface area (Å²) in [7, 11) is 1.67. The molecule has 2 fully saturated rings. The molecular weight excluding hydrogens is 406 g/mol. The van der Waals surface area contributed by atoms with Gasteiger partial charge < -0.3 is 9.72 Å². The van der Waals surface area contributed by atoms with Crippen molar-refractivity contribution in [2.45, 2.75) is 44.8 Å². The van der Waals surface area contributed by atoms with Gasteiger partial charge in [0.2, 0.25) is 0 Å². The van der Waals surface area contributed by atoms with Gasteiger partial charge in [-0.25, -0.2) is 4.68 Å². The Morgan fingerprint density at radius 1 is 1.25 bits per heavy atom. The molecule has 9 heteroatoms. The van der Waals surface area contributed by atoms with Crippen LogP contribution in [0.25, 0.3) is 10.9 Å². The number of nitrogens with zero attached hydrogens (tertiary/aromatic N) is 6. The number of aromatic nitrogens is 5. The predicted molar refractivity (Wildman–Crippen MR) is 122 cm³/mol. The molecule has 5 rings (SSSR count). The average Bonchev–Trinajstić information content (AvgIpc) is 3.47. The molecule has 2 aliphatic heterocycles. The number of piperazine rings is 1.